The standard InChI is InChI=1S/C30H29Cl2FN2O2/c31-23-7-9-25(27(32)15-23)26-4-1-3-21-14-22(30(36)37)6-8-24(21)29(26)28-10-5-19(16-34-28)13-20-17-35(18-20)12-2-11-33/h5-10,14-16,20H,1-4,11-13,17-18H2,(H,36,37). The second-order valence-corrected chi connectivity index (χ2v) is 10.8. The van der Waals surface area contributed by atoms with E-state index in [4.69, 9.17) is 28.2 Å². The topological polar surface area (TPSA) is 53.4 Å². The Labute approximate surface area is 226 Å². The van der Waals surface area contributed by atoms with Crippen LogP contribution in [0.4, 0.5) is 4.39 Å². The van der Waals surface area contributed by atoms with Crippen molar-refractivity contribution in [1.82, 2.24) is 9.88 Å². The zero-order chi connectivity index (χ0) is 25.9. The molecular weight excluding hydrogens is 510 g/mol. The molecule has 0 unspecified atom stereocenters. The van der Waals surface area contributed by atoms with Gasteiger partial charge in [-0.2, -0.15) is 0 Å². The highest BCUT2D eigenvalue weighted by Crippen LogP contribution is 2.42. The molecule has 1 aliphatic carbocycles. The van der Waals surface area contributed by atoms with Gasteiger partial charge in [-0.15, -0.1) is 0 Å². The van der Waals surface area contributed by atoms with Gasteiger partial charge >= 0.3 is 5.97 Å². The first-order valence-corrected chi connectivity index (χ1v) is 13.5. The summed E-state index contributed by atoms with van der Waals surface area (Å²) in [5.41, 5.74) is 7.30. The summed E-state index contributed by atoms with van der Waals surface area (Å²) in [6, 6.07) is 15.1. The van der Waals surface area contributed by atoms with Crippen LogP contribution in [-0.2, 0) is 12.8 Å². The van der Waals surface area contributed by atoms with E-state index >= 15 is 0 Å². The minimum Gasteiger partial charge on any atom is -0.478 e. The van der Waals surface area contributed by atoms with Crippen molar-refractivity contribution in [2.75, 3.05) is 26.3 Å². The Morgan fingerprint density at radius 3 is 2.57 bits per heavy atom. The van der Waals surface area contributed by atoms with Crippen molar-refractivity contribution < 1.29 is 14.3 Å². The van der Waals surface area contributed by atoms with Crippen LogP contribution in [0.5, 0.6) is 0 Å². The molecule has 0 saturated carbocycles. The van der Waals surface area contributed by atoms with Crippen LogP contribution in [0.1, 0.15) is 57.6 Å². The van der Waals surface area contributed by atoms with Crippen LogP contribution in [0.25, 0.3) is 11.1 Å². The third kappa shape index (κ3) is 5.74. The van der Waals surface area contributed by atoms with Gasteiger partial charge in [0.05, 0.1) is 17.9 Å². The number of alkyl halides is 1. The molecule has 37 heavy (non-hydrogen) atoms. The van der Waals surface area contributed by atoms with Crippen molar-refractivity contribution in [3.8, 4) is 0 Å². The molecule has 192 valence electrons. The summed E-state index contributed by atoms with van der Waals surface area (Å²) in [5.74, 6) is -0.358. The number of rotatable bonds is 8. The minimum absolute atomic E-state index is 0.258. The van der Waals surface area contributed by atoms with Crippen LogP contribution in [0.3, 0.4) is 0 Å². The van der Waals surface area contributed by atoms with Gasteiger partial charge in [0.2, 0.25) is 0 Å². The average molecular weight is 539 g/mol. The van der Waals surface area contributed by atoms with Crippen molar-refractivity contribution in [2.24, 2.45) is 5.92 Å². The number of nitrogens with zero attached hydrogens (tertiary/aromatic N) is 2. The number of allylic oxidation sites excluding steroid dienone is 1. The number of aromatic nitrogens is 1. The maximum absolute atomic E-state index is 12.4. The number of aromatic carboxylic acids is 1. The van der Waals surface area contributed by atoms with Gasteiger partial charge in [-0.05, 0) is 96.2 Å². The van der Waals surface area contributed by atoms with E-state index in [-0.39, 0.29) is 12.2 Å². The molecule has 1 fully saturated rings. The highest BCUT2D eigenvalue weighted by molar-refractivity contribution is 6.36. The summed E-state index contributed by atoms with van der Waals surface area (Å²) in [6.45, 7) is 2.58. The summed E-state index contributed by atoms with van der Waals surface area (Å²) in [5, 5.41) is 10.7. The Bertz CT molecular complexity index is 1330. The molecule has 0 spiro atoms. The van der Waals surface area contributed by atoms with Crippen LogP contribution in [0.2, 0.25) is 10.0 Å². The zero-order valence-electron chi connectivity index (χ0n) is 20.5. The molecular formula is C30H29Cl2FN2O2. The van der Waals surface area contributed by atoms with E-state index in [0.717, 1.165) is 78.8 Å². The van der Waals surface area contributed by atoms with Crippen LogP contribution >= 0.6 is 23.2 Å². The molecule has 5 rings (SSSR count). The molecule has 1 saturated heterocycles. The lowest BCUT2D eigenvalue weighted by Crippen LogP contribution is -2.47. The van der Waals surface area contributed by atoms with Crippen LogP contribution < -0.4 is 0 Å². The van der Waals surface area contributed by atoms with Crippen LogP contribution in [0, 0.1) is 5.92 Å². The molecule has 0 radical (unpaired) electrons. The van der Waals surface area contributed by atoms with E-state index in [1.54, 1.807) is 18.2 Å². The smallest absolute Gasteiger partial charge is 0.335 e. The molecule has 0 bridgehead atoms. The third-order valence-electron chi connectivity index (χ3n) is 7.30. The van der Waals surface area contributed by atoms with Gasteiger partial charge in [-0.3, -0.25) is 9.37 Å². The lowest BCUT2D eigenvalue weighted by Gasteiger charge is -2.39. The fraction of sp³-hybridized carbons (Fsp3) is 0.333. The summed E-state index contributed by atoms with van der Waals surface area (Å²) >= 11 is 12.9. The zero-order valence-corrected chi connectivity index (χ0v) is 22.0. The largest absolute Gasteiger partial charge is 0.478 e. The number of carboxylic acid groups (broad SMARTS) is 1. The molecule has 2 heterocycles. The maximum Gasteiger partial charge on any atom is 0.335 e. The predicted molar refractivity (Wildman–Crippen MR) is 147 cm³/mol. The number of fused-ring (bicyclic) bond motifs is 1. The minimum atomic E-state index is -0.930. The van der Waals surface area contributed by atoms with E-state index in [1.165, 1.54) is 5.56 Å². The van der Waals surface area contributed by atoms with Gasteiger partial charge in [0.25, 0.3) is 0 Å². The summed E-state index contributed by atoms with van der Waals surface area (Å²) in [4.78, 5) is 18.8. The van der Waals surface area contributed by atoms with E-state index in [9.17, 15) is 14.3 Å². The number of likely N-dealkylation sites (tertiary alicyclic amines) is 1. The van der Waals surface area contributed by atoms with E-state index in [0.29, 0.717) is 22.4 Å². The van der Waals surface area contributed by atoms with Gasteiger partial charge in [0.15, 0.2) is 0 Å². The van der Waals surface area contributed by atoms with E-state index in [1.807, 2.05) is 24.4 Å². The lowest BCUT2D eigenvalue weighted by molar-refractivity contribution is 0.0696. The molecule has 0 atom stereocenters. The number of carboxylic acids is 1. The monoisotopic (exact) mass is 538 g/mol. The Balaban J connectivity index is 1.51. The Morgan fingerprint density at radius 2 is 1.86 bits per heavy atom. The third-order valence-corrected chi connectivity index (χ3v) is 7.85. The first kappa shape index (κ1) is 25.9. The molecule has 3 aromatic rings. The van der Waals surface area contributed by atoms with E-state index in [2.05, 4.69) is 17.0 Å². The molecule has 4 nitrogen and oxygen atoms in total. The first-order valence-electron chi connectivity index (χ1n) is 12.7. The average Bonchev–Trinajstić information content (AvgIpc) is 3.04. The fourth-order valence-corrected chi connectivity index (χ4v) is 6.04. The highest BCUT2D eigenvalue weighted by atomic mass is 35.5. The number of halogens is 3. The number of carbonyl (C=O) groups is 1. The SMILES string of the molecule is O=C(O)c1ccc2c(c1)CCCC(c1ccc(Cl)cc1Cl)=C2c1ccc(CC2CN(CCCF)C2)cn1. The predicted octanol–water partition coefficient (Wildman–Crippen LogP) is 7.22. The Hall–Kier alpha value is -2.73. The molecule has 7 heteroatoms. The van der Waals surface area contributed by atoms with Crippen LogP contribution in [0.15, 0.2) is 54.7 Å². The second-order valence-electron chi connectivity index (χ2n) is 9.93. The molecule has 2 aliphatic rings. The van der Waals surface area contributed by atoms with Gasteiger partial charge < -0.3 is 10.0 Å². The quantitative estimate of drug-likeness (QED) is 0.329. The Kier molecular flexibility index (Phi) is 7.94. The van der Waals surface area contributed by atoms with Crippen molar-refractivity contribution in [1.29, 1.82) is 0 Å². The van der Waals surface area contributed by atoms with Gasteiger partial charge in [0, 0.05) is 41.4 Å². The fourth-order valence-electron chi connectivity index (χ4n) is 5.52. The van der Waals surface area contributed by atoms with E-state index < -0.39 is 5.97 Å². The van der Waals surface area contributed by atoms with Crippen molar-refractivity contribution in [3.05, 3.63) is 98.3 Å². The molecule has 1 aliphatic heterocycles. The number of hydrogen-bond acceptors (Lipinski definition) is 3. The number of benzene rings is 2. The summed E-state index contributed by atoms with van der Waals surface area (Å²) in [6.07, 6.45) is 5.93. The van der Waals surface area contributed by atoms with Crippen LogP contribution in [-0.4, -0.2) is 47.3 Å². The lowest BCUT2D eigenvalue weighted by atomic mass is 9.88. The first-order chi connectivity index (χ1) is 17.9. The number of aryl methyl sites for hydroxylation is 1. The van der Waals surface area contributed by atoms with Crippen molar-refractivity contribution in [2.45, 2.75) is 32.1 Å². The molecule has 2 aromatic carbocycles. The van der Waals surface area contributed by atoms with Crippen molar-refractivity contribution >= 4 is 40.3 Å². The molecule has 0 amide bonds. The van der Waals surface area contributed by atoms with Gasteiger partial charge in [0.1, 0.15) is 0 Å². The second kappa shape index (κ2) is 11.3. The summed E-state index contributed by atoms with van der Waals surface area (Å²) < 4.78 is 12.4. The van der Waals surface area contributed by atoms with Crippen molar-refractivity contribution in [3.63, 3.8) is 0 Å². The maximum atomic E-state index is 12.4. The van der Waals surface area contributed by atoms with Gasteiger partial charge in [-0.1, -0.05) is 41.4 Å². The molecule has 1 aromatic heterocycles. The number of hydrogen-bond donors (Lipinski definition) is 1. The summed E-state index contributed by atoms with van der Waals surface area (Å²) in [7, 11) is 0. The molecule has 1 N–H and O–H groups in total. The van der Waals surface area contributed by atoms with Gasteiger partial charge in [-0.25, -0.2) is 4.79 Å². The Morgan fingerprint density at radius 1 is 1.05 bits per heavy atom. The number of pyridine rings is 1. The highest BCUT2D eigenvalue weighted by Gasteiger charge is 2.27. The normalized spacial score (nSPS) is 16.3.